The predicted molar refractivity (Wildman–Crippen MR) is 85.2 cm³/mol. The third-order valence-electron chi connectivity index (χ3n) is 4.20. The molecule has 0 aliphatic heterocycles. The molecular weight excluding hydrogens is 262 g/mol. The maximum Gasteiger partial charge on any atom is 0.307 e. The van der Waals surface area contributed by atoms with E-state index in [9.17, 15) is 4.79 Å². The number of hydrogen-bond acceptors (Lipinski definition) is 3. The van der Waals surface area contributed by atoms with Gasteiger partial charge in [0.15, 0.2) is 0 Å². The van der Waals surface area contributed by atoms with Gasteiger partial charge in [0, 0.05) is 13.1 Å². The van der Waals surface area contributed by atoms with Crippen LogP contribution in [0.3, 0.4) is 0 Å². The molecule has 1 aliphatic carbocycles. The highest BCUT2D eigenvalue weighted by molar-refractivity contribution is 5.69. The first-order chi connectivity index (χ1) is 10.3. The van der Waals surface area contributed by atoms with Crippen LogP contribution in [0.2, 0.25) is 0 Å². The van der Waals surface area contributed by atoms with Gasteiger partial charge in [-0.25, -0.2) is 0 Å². The van der Waals surface area contributed by atoms with Crippen molar-refractivity contribution in [2.75, 3.05) is 13.2 Å². The fourth-order valence-electron chi connectivity index (χ4n) is 3.00. The molecule has 2 rings (SSSR count). The van der Waals surface area contributed by atoms with E-state index >= 15 is 0 Å². The summed E-state index contributed by atoms with van der Waals surface area (Å²) in [6.07, 6.45) is 7.28. The van der Waals surface area contributed by atoms with E-state index in [1.807, 2.05) is 6.92 Å². The Hall–Kier alpha value is -1.35. The zero-order chi connectivity index (χ0) is 14.9. The highest BCUT2D eigenvalue weighted by Crippen LogP contribution is 2.32. The van der Waals surface area contributed by atoms with Crippen molar-refractivity contribution in [3.8, 4) is 0 Å². The van der Waals surface area contributed by atoms with Gasteiger partial charge in [0.05, 0.1) is 13.0 Å². The summed E-state index contributed by atoms with van der Waals surface area (Å²) in [5, 5.41) is 3.29. The standard InChI is InChI=1S/C18H27NO2/c1-2-21-18(20)12-13-19-14-15-8-10-17(11-9-15)16-6-4-3-5-7-16/h8-11,16,19H,2-7,12-14H2,1H3. The Morgan fingerprint density at radius 3 is 2.57 bits per heavy atom. The van der Waals surface area contributed by atoms with Crippen LogP contribution in [0.15, 0.2) is 24.3 Å². The molecule has 1 aromatic rings. The molecule has 0 amide bonds. The third kappa shape index (κ3) is 5.50. The van der Waals surface area contributed by atoms with Gasteiger partial charge in [0.2, 0.25) is 0 Å². The van der Waals surface area contributed by atoms with E-state index in [2.05, 4.69) is 29.6 Å². The van der Waals surface area contributed by atoms with E-state index in [-0.39, 0.29) is 5.97 Å². The van der Waals surface area contributed by atoms with Gasteiger partial charge in [-0.3, -0.25) is 4.79 Å². The van der Waals surface area contributed by atoms with Crippen molar-refractivity contribution in [1.82, 2.24) is 5.32 Å². The summed E-state index contributed by atoms with van der Waals surface area (Å²) in [6, 6.07) is 8.97. The Balaban J connectivity index is 1.71. The fraction of sp³-hybridized carbons (Fsp3) is 0.611. The monoisotopic (exact) mass is 289 g/mol. The van der Waals surface area contributed by atoms with Crippen LogP contribution >= 0.6 is 0 Å². The minimum absolute atomic E-state index is 0.127. The molecule has 0 bridgehead atoms. The van der Waals surface area contributed by atoms with Gasteiger partial charge in [-0.15, -0.1) is 0 Å². The molecule has 1 N–H and O–H groups in total. The van der Waals surface area contributed by atoms with E-state index < -0.39 is 0 Å². The smallest absolute Gasteiger partial charge is 0.307 e. The van der Waals surface area contributed by atoms with Crippen LogP contribution in [-0.2, 0) is 16.1 Å². The van der Waals surface area contributed by atoms with E-state index in [1.165, 1.54) is 43.2 Å². The summed E-state index contributed by atoms with van der Waals surface area (Å²) in [6.45, 7) is 3.77. The summed E-state index contributed by atoms with van der Waals surface area (Å²) in [4.78, 5) is 11.2. The topological polar surface area (TPSA) is 38.3 Å². The van der Waals surface area contributed by atoms with Crippen molar-refractivity contribution in [3.63, 3.8) is 0 Å². The average Bonchev–Trinajstić information content (AvgIpc) is 2.53. The molecule has 3 heteroatoms. The average molecular weight is 289 g/mol. The summed E-state index contributed by atoms with van der Waals surface area (Å²) in [5.74, 6) is 0.641. The summed E-state index contributed by atoms with van der Waals surface area (Å²) in [7, 11) is 0. The Kier molecular flexibility index (Phi) is 6.74. The second-order valence-corrected chi connectivity index (χ2v) is 5.81. The SMILES string of the molecule is CCOC(=O)CCNCc1ccc(C2CCCCC2)cc1. The second kappa shape index (κ2) is 8.83. The number of rotatable bonds is 7. The van der Waals surface area contributed by atoms with E-state index in [4.69, 9.17) is 4.74 Å². The molecule has 0 saturated heterocycles. The number of carbonyl (C=O) groups is 1. The molecule has 21 heavy (non-hydrogen) atoms. The van der Waals surface area contributed by atoms with Crippen molar-refractivity contribution < 1.29 is 9.53 Å². The molecular formula is C18H27NO2. The molecule has 0 atom stereocenters. The van der Waals surface area contributed by atoms with E-state index in [0.29, 0.717) is 19.6 Å². The van der Waals surface area contributed by atoms with Crippen molar-refractivity contribution in [2.45, 2.75) is 57.9 Å². The van der Waals surface area contributed by atoms with E-state index in [0.717, 1.165) is 12.5 Å². The number of nitrogens with one attached hydrogen (secondary N) is 1. The van der Waals surface area contributed by atoms with Gasteiger partial charge in [0.25, 0.3) is 0 Å². The quantitative estimate of drug-likeness (QED) is 0.613. The van der Waals surface area contributed by atoms with Gasteiger partial charge in [-0.2, -0.15) is 0 Å². The second-order valence-electron chi connectivity index (χ2n) is 5.81. The lowest BCUT2D eigenvalue weighted by Crippen LogP contribution is -2.19. The molecule has 1 aliphatic rings. The van der Waals surface area contributed by atoms with E-state index in [1.54, 1.807) is 0 Å². The van der Waals surface area contributed by atoms with Gasteiger partial charge in [-0.1, -0.05) is 43.5 Å². The van der Waals surface area contributed by atoms with Gasteiger partial charge < -0.3 is 10.1 Å². The van der Waals surface area contributed by atoms with Gasteiger partial charge in [0.1, 0.15) is 0 Å². The number of benzene rings is 1. The summed E-state index contributed by atoms with van der Waals surface area (Å²) < 4.78 is 4.90. The number of esters is 1. The van der Waals surface area contributed by atoms with Crippen LogP contribution in [0, 0.1) is 0 Å². The van der Waals surface area contributed by atoms with Crippen molar-refractivity contribution in [1.29, 1.82) is 0 Å². The number of ether oxygens (including phenoxy) is 1. The molecule has 0 unspecified atom stereocenters. The Morgan fingerprint density at radius 2 is 1.90 bits per heavy atom. The number of hydrogen-bond donors (Lipinski definition) is 1. The highest BCUT2D eigenvalue weighted by Gasteiger charge is 2.14. The molecule has 1 aromatic carbocycles. The minimum atomic E-state index is -0.127. The normalized spacial score (nSPS) is 15.9. The molecule has 1 fully saturated rings. The summed E-state index contributed by atoms with van der Waals surface area (Å²) >= 11 is 0. The molecule has 0 radical (unpaired) electrons. The highest BCUT2D eigenvalue weighted by atomic mass is 16.5. The van der Waals surface area contributed by atoms with Crippen molar-refractivity contribution in [2.24, 2.45) is 0 Å². The Labute approximate surface area is 128 Å². The lowest BCUT2D eigenvalue weighted by Gasteiger charge is -2.22. The zero-order valence-electron chi connectivity index (χ0n) is 13.1. The van der Waals surface area contributed by atoms with Crippen LogP contribution in [0.25, 0.3) is 0 Å². The molecule has 1 saturated carbocycles. The first kappa shape index (κ1) is 16.0. The first-order valence-corrected chi connectivity index (χ1v) is 8.24. The maximum atomic E-state index is 11.2. The van der Waals surface area contributed by atoms with Crippen molar-refractivity contribution in [3.05, 3.63) is 35.4 Å². The van der Waals surface area contributed by atoms with Crippen LogP contribution in [-0.4, -0.2) is 19.1 Å². The zero-order valence-corrected chi connectivity index (χ0v) is 13.1. The van der Waals surface area contributed by atoms with Crippen LogP contribution in [0.1, 0.15) is 62.5 Å². The third-order valence-corrected chi connectivity index (χ3v) is 4.20. The number of carbonyl (C=O) groups excluding carboxylic acids is 1. The predicted octanol–water partition coefficient (Wildman–Crippen LogP) is 3.78. The fourth-order valence-corrected chi connectivity index (χ4v) is 3.00. The molecule has 116 valence electrons. The largest absolute Gasteiger partial charge is 0.466 e. The summed E-state index contributed by atoms with van der Waals surface area (Å²) in [5.41, 5.74) is 2.77. The lowest BCUT2D eigenvalue weighted by molar-refractivity contribution is -0.142. The molecule has 3 nitrogen and oxygen atoms in total. The van der Waals surface area contributed by atoms with Gasteiger partial charge >= 0.3 is 5.97 Å². The first-order valence-electron chi connectivity index (χ1n) is 8.24. The lowest BCUT2D eigenvalue weighted by atomic mass is 9.84. The maximum absolute atomic E-state index is 11.2. The molecule has 0 spiro atoms. The van der Waals surface area contributed by atoms with Crippen LogP contribution < -0.4 is 5.32 Å². The van der Waals surface area contributed by atoms with Crippen LogP contribution in [0.5, 0.6) is 0 Å². The van der Waals surface area contributed by atoms with Crippen molar-refractivity contribution >= 4 is 5.97 Å². The van der Waals surface area contributed by atoms with Crippen LogP contribution in [0.4, 0.5) is 0 Å². The Bertz CT molecular complexity index is 421. The molecule has 0 aromatic heterocycles. The van der Waals surface area contributed by atoms with Gasteiger partial charge in [-0.05, 0) is 36.8 Å². The molecule has 0 heterocycles. The Morgan fingerprint density at radius 1 is 1.19 bits per heavy atom. The minimum Gasteiger partial charge on any atom is -0.466 e.